The molecular formula is C13H22N4O4S. The van der Waals surface area contributed by atoms with Gasteiger partial charge in [0.25, 0.3) is 5.91 Å². The Hall–Kier alpha value is -1.32. The van der Waals surface area contributed by atoms with Crippen molar-refractivity contribution < 1.29 is 19.5 Å². The van der Waals surface area contributed by atoms with Crippen LogP contribution in [0.25, 0.3) is 0 Å². The number of likely N-dealkylation sites (tertiary alicyclic amines) is 2. The SMILES string of the molecule is NC(=O)[C@H](CO)N1CC2(CCCCN2C(=O)[C@H](N)CS)C1=O. The number of primary amides is 1. The number of aliphatic hydroxyl groups is 1. The topological polar surface area (TPSA) is 130 Å². The lowest BCUT2D eigenvalue weighted by molar-refractivity contribution is -0.181. The molecule has 0 bridgehead atoms. The van der Waals surface area contributed by atoms with Crippen LogP contribution in [0.3, 0.4) is 0 Å². The fraction of sp³-hybridized carbons (Fsp3) is 0.769. The second-order valence-corrected chi connectivity index (χ2v) is 6.17. The number of carbonyl (C=O) groups excluding carboxylic acids is 3. The molecule has 1 spiro atoms. The first-order valence-corrected chi connectivity index (χ1v) is 7.91. The van der Waals surface area contributed by atoms with Gasteiger partial charge in [0.05, 0.1) is 19.2 Å². The molecule has 2 heterocycles. The average Bonchev–Trinajstić information content (AvgIpc) is 2.53. The molecule has 3 atom stereocenters. The predicted octanol–water partition coefficient (Wildman–Crippen LogP) is -2.32. The molecule has 124 valence electrons. The Balaban J connectivity index is 2.20. The Labute approximate surface area is 134 Å². The third kappa shape index (κ3) is 2.57. The van der Waals surface area contributed by atoms with E-state index in [1.165, 1.54) is 9.80 Å². The number of nitrogens with two attached hydrogens (primary N) is 2. The van der Waals surface area contributed by atoms with Gasteiger partial charge in [-0.2, -0.15) is 12.6 Å². The molecule has 2 aliphatic rings. The van der Waals surface area contributed by atoms with Gasteiger partial charge in [0.1, 0.15) is 11.6 Å². The molecule has 2 fully saturated rings. The second kappa shape index (κ2) is 6.43. The number of nitrogens with zero attached hydrogens (tertiary/aromatic N) is 2. The summed E-state index contributed by atoms with van der Waals surface area (Å²) in [6.45, 7) is 0.131. The van der Waals surface area contributed by atoms with Gasteiger partial charge in [-0.3, -0.25) is 14.4 Å². The Morgan fingerprint density at radius 3 is 2.59 bits per heavy atom. The van der Waals surface area contributed by atoms with Crippen molar-refractivity contribution in [3.63, 3.8) is 0 Å². The van der Waals surface area contributed by atoms with Gasteiger partial charge in [-0.1, -0.05) is 0 Å². The summed E-state index contributed by atoms with van der Waals surface area (Å²) in [7, 11) is 0. The minimum atomic E-state index is -1.05. The molecule has 0 aromatic heterocycles. The fourth-order valence-electron chi connectivity index (χ4n) is 3.21. The number of β-lactam (4-membered cyclic amide) rings is 1. The number of hydrogen-bond acceptors (Lipinski definition) is 6. The highest BCUT2D eigenvalue weighted by Crippen LogP contribution is 2.39. The molecule has 22 heavy (non-hydrogen) atoms. The van der Waals surface area contributed by atoms with Gasteiger partial charge in [-0.05, 0) is 19.3 Å². The molecule has 0 aromatic rings. The van der Waals surface area contributed by atoms with E-state index >= 15 is 0 Å². The zero-order valence-corrected chi connectivity index (χ0v) is 13.2. The largest absolute Gasteiger partial charge is 0.394 e. The van der Waals surface area contributed by atoms with Gasteiger partial charge in [-0.15, -0.1) is 0 Å². The molecule has 2 saturated heterocycles. The number of piperidine rings is 1. The first-order chi connectivity index (χ1) is 10.4. The Bertz CT molecular complexity index is 489. The van der Waals surface area contributed by atoms with E-state index in [9.17, 15) is 19.5 Å². The highest BCUT2D eigenvalue weighted by atomic mass is 32.1. The van der Waals surface area contributed by atoms with E-state index in [1.54, 1.807) is 0 Å². The van der Waals surface area contributed by atoms with Gasteiger partial charge in [-0.25, -0.2) is 0 Å². The summed E-state index contributed by atoms with van der Waals surface area (Å²) in [5.41, 5.74) is 10.0. The van der Waals surface area contributed by atoms with Crippen LogP contribution in [0.15, 0.2) is 0 Å². The van der Waals surface area contributed by atoms with Crippen molar-refractivity contribution in [3.05, 3.63) is 0 Å². The number of hydrogen-bond donors (Lipinski definition) is 4. The van der Waals surface area contributed by atoms with Crippen molar-refractivity contribution in [2.75, 3.05) is 25.4 Å². The van der Waals surface area contributed by atoms with Gasteiger partial charge < -0.3 is 26.4 Å². The number of amides is 3. The average molecular weight is 330 g/mol. The normalized spacial score (nSPS) is 27.5. The van der Waals surface area contributed by atoms with Crippen molar-refractivity contribution in [1.82, 2.24) is 9.80 Å². The first kappa shape index (κ1) is 17.0. The van der Waals surface area contributed by atoms with E-state index in [2.05, 4.69) is 12.6 Å². The molecule has 2 aliphatic heterocycles. The van der Waals surface area contributed by atoms with Crippen LogP contribution in [0.2, 0.25) is 0 Å². The molecule has 9 heteroatoms. The van der Waals surface area contributed by atoms with Gasteiger partial charge in [0.2, 0.25) is 11.8 Å². The lowest BCUT2D eigenvalue weighted by atomic mass is 9.77. The maximum Gasteiger partial charge on any atom is 0.251 e. The lowest BCUT2D eigenvalue weighted by Gasteiger charge is -2.57. The summed E-state index contributed by atoms with van der Waals surface area (Å²) in [6.07, 6.45) is 2.16. The van der Waals surface area contributed by atoms with Crippen LogP contribution in [0.1, 0.15) is 19.3 Å². The second-order valence-electron chi connectivity index (χ2n) is 5.80. The number of aliphatic hydroxyl groups excluding tert-OH is 1. The van der Waals surface area contributed by atoms with Crippen molar-refractivity contribution in [2.24, 2.45) is 11.5 Å². The smallest absolute Gasteiger partial charge is 0.251 e. The Morgan fingerprint density at radius 2 is 2.09 bits per heavy atom. The fourth-order valence-corrected chi connectivity index (χ4v) is 3.37. The van der Waals surface area contributed by atoms with E-state index in [0.29, 0.717) is 13.0 Å². The van der Waals surface area contributed by atoms with Gasteiger partial charge in [0.15, 0.2) is 0 Å². The van der Waals surface area contributed by atoms with Crippen LogP contribution < -0.4 is 11.5 Å². The molecule has 3 amide bonds. The van der Waals surface area contributed by atoms with Crippen LogP contribution in [0.5, 0.6) is 0 Å². The third-order valence-electron chi connectivity index (χ3n) is 4.49. The summed E-state index contributed by atoms with van der Waals surface area (Å²) in [6, 6.07) is -1.81. The van der Waals surface area contributed by atoms with Crippen molar-refractivity contribution in [2.45, 2.75) is 36.9 Å². The summed E-state index contributed by atoms with van der Waals surface area (Å²) in [4.78, 5) is 39.1. The standard InChI is InChI=1S/C13H22N4O4S/c14-8(6-22)11(20)17-4-2-1-3-13(17)7-16(12(13)21)9(5-18)10(15)19/h8-9,18,22H,1-7,14H2,(H2,15,19)/t8-,9+,13?/m1/s1. The monoisotopic (exact) mass is 330 g/mol. The molecule has 0 aromatic carbocycles. The highest BCUT2D eigenvalue weighted by Gasteiger charge is 2.60. The molecule has 5 N–H and O–H groups in total. The molecule has 1 unspecified atom stereocenters. The van der Waals surface area contributed by atoms with E-state index < -0.39 is 30.1 Å². The highest BCUT2D eigenvalue weighted by molar-refractivity contribution is 7.80. The van der Waals surface area contributed by atoms with Crippen molar-refractivity contribution >= 4 is 30.4 Å². The van der Waals surface area contributed by atoms with Gasteiger partial charge >= 0.3 is 0 Å². The van der Waals surface area contributed by atoms with Crippen LogP contribution in [-0.2, 0) is 14.4 Å². The summed E-state index contributed by atoms with van der Waals surface area (Å²) < 4.78 is 0. The minimum Gasteiger partial charge on any atom is -0.394 e. The third-order valence-corrected chi connectivity index (χ3v) is 4.88. The quantitative estimate of drug-likeness (QED) is 0.332. The minimum absolute atomic E-state index is 0.198. The zero-order valence-electron chi connectivity index (χ0n) is 12.3. The maximum absolute atomic E-state index is 12.6. The number of carbonyl (C=O) groups is 3. The molecular weight excluding hydrogens is 308 g/mol. The predicted molar refractivity (Wildman–Crippen MR) is 81.9 cm³/mol. The number of rotatable bonds is 5. The van der Waals surface area contributed by atoms with Crippen LogP contribution in [0.4, 0.5) is 0 Å². The maximum atomic E-state index is 12.6. The van der Waals surface area contributed by atoms with E-state index in [4.69, 9.17) is 11.5 Å². The van der Waals surface area contributed by atoms with E-state index in [1.807, 2.05) is 0 Å². The summed E-state index contributed by atoms with van der Waals surface area (Å²) in [5.74, 6) is -1.21. The molecule has 0 saturated carbocycles. The zero-order chi connectivity index (χ0) is 16.5. The van der Waals surface area contributed by atoms with Crippen molar-refractivity contribution in [1.29, 1.82) is 0 Å². The lowest BCUT2D eigenvalue weighted by Crippen LogP contribution is -2.79. The van der Waals surface area contributed by atoms with Gasteiger partial charge in [0, 0.05) is 12.3 Å². The van der Waals surface area contributed by atoms with Crippen molar-refractivity contribution in [3.8, 4) is 0 Å². The molecule has 8 nitrogen and oxygen atoms in total. The molecule has 2 rings (SSSR count). The Morgan fingerprint density at radius 1 is 1.41 bits per heavy atom. The molecule has 0 radical (unpaired) electrons. The van der Waals surface area contributed by atoms with Crippen LogP contribution in [-0.4, -0.2) is 75.7 Å². The van der Waals surface area contributed by atoms with E-state index in [0.717, 1.165) is 12.8 Å². The summed E-state index contributed by atoms with van der Waals surface area (Å²) in [5, 5.41) is 9.23. The van der Waals surface area contributed by atoms with Crippen LogP contribution >= 0.6 is 12.6 Å². The first-order valence-electron chi connectivity index (χ1n) is 7.28. The number of thiol groups is 1. The molecule has 0 aliphatic carbocycles. The Kier molecular flexibility index (Phi) is 4.98. The van der Waals surface area contributed by atoms with Crippen LogP contribution in [0, 0.1) is 0 Å². The summed E-state index contributed by atoms with van der Waals surface area (Å²) >= 11 is 4.03. The van der Waals surface area contributed by atoms with E-state index in [-0.39, 0.29) is 24.1 Å².